The van der Waals surface area contributed by atoms with Crippen LogP contribution in [0.15, 0.2) is 48.5 Å². The highest BCUT2D eigenvalue weighted by atomic mass is 16.5. The van der Waals surface area contributed by atoms with E-state index >= 15 is 0 Å². The lowest BCUT2D eigenvalue weighted by molar-refractivity contribution is -0.139. The lowest BCUT2D eigenvalue weighted by atomic mass is 10.0. The van der Waals surface area contributed by atoms with Crippen molar-refractivity contribution in [3.63, 3.8) is 0 Å². The van der Waals surface area contributed by atoms with Crippen molar-refractivity contribution in [2.75, 3.05) is 13.1 Å². The first-order valence-electron chi connectivity index (χ1n) is 13.9. The molecule has 4 amide bonds. The van der Waals surface area contributed by atoms with Gasteiger partial charge < -0.3 is 30.4 Å². The second-order valence-corrected chi connectivity index (χ2v) is 10.7. The van der Waals surface area contributed by atoms with Crippen LogP contribution < -0.4 is 20.7 Å². The van der Waals surface area contributed by atoms with Crippen LogP contribution in [-0.2, 0) is 36.8 Å². The van der Waals surface area contributed by atoms with Gasteiger partial charge in [0.25, 0.3) is 0 Å². The predicted octanol–water partition coefficient (Wildman–Crippen LogP) is 1.65. The Morgan fingerprint density at radius 1 is 0.975 bits per heavy atom. The number of carbonyl (C=O) groups is 5. The molecule has 1 saturated heterocycles. The number of nitrogens with zero attached hydrogens (tertiary/aromatic N) is 1. The first-order chi connectivity index (χ1) is 19.4. The van der Waals surface area contributed by atoms with Gasteiger partial charge in [0.15, 0.2) is 0 Å². The van der Waals surface area contributed by atoms with Crippen LogP contribution in [0.4, 0.5) is 0 Å². The van der Waals surface area contributed by atoms with Gasteiger partial charge in [0, 0.05) is 38.8 Å². The highest BCUT2D eigenvalue weighted by Crippen LogP contribution is 2.28. The van der Waals surface area contributed by atoms with Gasteiger partial charge in [-0.15, -0.1) is 0 Å². The molecule has 10 nitrogen and oxygen atoms in total. The lowest BCUT2D eigenvalue weighted by Gasteiger charge is -2.29. The lowest BCUT2D eigenvalue weighted by Crippen LogP contribution is -2.57. The number of nitrogens with one attached hydrogen (secondary N) is 3. The van der Waals surface area contributed by atoms with Crippen LogP contribution in [0, 0.1) is 5.92 Å². The molecule has 0 spiro atoms. The van der Waals surface area contributed by atoms with Gasteiger partial charge in [-0.3, -0.25) is 19.2 Å². The quantitative estimate of drug-likeness (QED) is 0.472. The Bertz CT molecular complexity index is 1290. The maximum absolute atomic E-state index is 13.6. The summed E-state index contributed by atoms with van der Waals surface area (Å²) in [5, 5.41) is 8.37. The normalized spacial score (nSPS) is 23.6. The molecule has 2 aromatic carbocycles. The van der Waals surface area contributed by atoms with Crippen molar-refractivity contribution in [3.8, 4) is 11.5 Å². The summed E-state index contributed by atoms with van der Waals surface area (Å²) in [6.07, 6.45) is 3.79. The molecule has 1 saturated carbocycles. The third-order valence-electron chi connectivity index (χ3n) is 7.55. The van der Waals surface area contributed by atoms with Gasteiger partial charge in [-0.05, 0) is 60.6 Å². The molecule has 2 fully saturated rings. The average Bonchev–Trinajstić information content (AvgIpc) is 3.68. The number of ether oxygens (including phenoxy) is 1. The van der Waals surface area contributed by atoms with Crippen molar-refractivity contribution in [1.82, 2.24) is 20.9 Å². The minimum atomic E-state index is -1.20. The van der Waals surface area contributed by atoms with Gasteiger partial charge in [0.05, 0.1) is 0 Å². The number of likely N-dealkylation sites (tertiary alicyclic amines) is 1. The monoisotopic (exact) mass is 546 g/mol. The highest BCUT2D eigenvalue weighted by molar-refractivity contribution is 5.95. The summed E-state index contributed by atoms with van der Waals surface area (Å²) in [4.78, 5) is 65.8. The van der Waals surface area contributed by atoms with E-state index in [1.165, 1.54) is 4.90 Å². The van der Waals surface area contributed by atoms with Crippen LogP contribution in [0.2, 0.25) is 0 Å². The minimum Gasteiger partial charge on any atom is -0.457 e. The Morgan fingerprint density at radius 2 is 1.68 bits per heavy atom. The van der Waals surface area contributed by atoms with Crippen LogP contribution >= 0.6 is 0 Å². The summed E-state index contributed by atoms with van der Waals surface area (Å²) in [6.45, 7) is 0.957. The Hall–Kier alpha value is -4.21. The zero-order chi connectivity index (χ0) is 28.1. The fourth-order valence-electron chi connectivity index (χ4n) is 5.18. The molecule has 1 aliphatic carbocycles. The third kappa shape index (κ3) is 6.86. The third-order valence-corrected chi connectivity index (χ3v) is 7.55. The molecule has 0 aromatic heterocycles. The van der Waals surface area contributed by atoms with Crippen molar-refractivity contribution < 1.29 is 28.7 Å². The van der Waals surface area contributed by atoms with E-state index < -0.39 is 29.9 Å². The summed E-state index contributed by atoms with van der Waals surface area (Å²) in [5.41, 5.74) is 1.56. The number of rotatable bonds is 6. The summed E-state index contributed by atoms with van der Waals surface area (Å²) in [5.74, 6) is -0.0615. The number of aldehydes is 1. The SMILES string of the molecule is O=CC[C@@H]1NC(=O)C(N2CCCC2=O)Cc2cccc(c2)Oc2cccc(c2)C[C@@H](C(=O)NCC2CC2)NC1=O. The first kappa shape index (κ1) is 27.4. The average molecular weight is 547 g/mol. The predicted molar refractivity (Wildman–Crippen MR) is 145 cm³/mol. The van der Waals surface area contributed by atoms with E-state index in [0.717, 1.165) is 24.0 Å². The van der Waals surface area contributed by atoms with Gasteiger partial charge in [-0.25, -0.2) is 0 Å². The molecule has 40 heavy (non-hydrogen) atoms. The molecule has 4 bridgehead atoms. The molecule has 3 N–H and O–H groups in total. The number of carbonyl (C=O) groups excluding carboxylic acids is 5. The van der Waals surface area contributed by atoms with Crippen LogP contribution in [0.1, 0.15) is 43.2 Å². The zero-order valence-corrected chi connectivity index (χ0v) is 22.3. The van der Waals surface area contributed by atoms with Crippen molar-refractivity contribution in [2.24, 2.45) is 5.92 Å². The van der Waals surface area contributed by atoms with E-state index in [-0.39, 0.29) is 31.1 Å². The van der Waals surface area contributed by atoms with E-state index in [0.29, 0.717) is 49.6 Å². The first-order valence-corrected chi connectivity index (χ1v) is 13.9. The number of benzene rings is 2. The molecule has 1 unspecified atom stereocenters. The van der Waals surface area contributed by atoms with Gasteiger partial charge in [0.1, 0.15) is 35.9 Å². The molecule has 5 rings (SSSR count). The Morgan fingerprint density at radius 3 is 2.30 bits per heavy atom. The van der Waals surface area contributed by atoms with Crippen molar-refractivity contribution in [1.29, 1.82) is 0 Å². The molecule has 3 aliphatic rings. The van der Waals surface area contributed by atoms with E-state index in [2.05, 4.69) is 16.0 Å². The summed E-state index contributed by atoms with van der Waals surface area (Å²) in [7, 11) is 0. The Balaban J connectivity index is 1.49. The van der Waals surface area contributed by atoms with Crippen LogP contribution in [0.3, 0.4) is 0 Å². The van der Waals surface area contributed by atoms with Crippen molar-refractivity contribution >= 4 is 29.9 Å². The summed E-state index contributed by atoms with van der Waals surface area (Å²) in [6, 6.07) is 11.6. The van der Waals surface area contributed by atoms with Gasteiger partial charge in [0.2, 0.25) is 23.6 Å². The fraction of sp³-hybridized carbons (Fsp3) is 0.433. The molecule has 2 aliphatic heterocycles. The maximum Gasteiger partial charge on any atom is 0.243 e. The zero-order valence-electron chi connectivity index (χ0n) is 22.3. The summed E-state index contributed by atoms with van der Waals surface area (Å²) >= 11 is 0. The molecule has 2 aromatic rings. The standard InChI is InChI=1S/C30H34N4O6/c35-13-11-24-29(38)33-25(28(37)31-18-19-9-10-19)16-20-4-1-6-22(14-20)40-23-7-2-5-21(15-23)17-26(30(39)32-24)34-12-3-8-27(34)36/h1-2,4-7,13-15,19,24-26H,3,8-12,16-18H2,(H,31,37)(H,32,39)(H,33,38)/t24-,25-,26?/m0/s1. The van der Waals surface area contributed by atoms with Crippen molar-refractivity contribution in [2.45, 2.75) is 63.1 Å². The topological polar surface area (TPSA) is 134 Å². The number of hydrogen-bond acceptors (Lipinski definition) is 6. The Labute approximate surface area is 232 Å². The maximum atomic E-state index is 13.6. The second-order valence-electron chi connectivity index (χ2n) is 10.7. The van der Waals surface area contributed by atoms with Crippen LogP contribution in [0.5, 0.6) is 11.5 Å². The number of hydrogen-bond donors (Lipinski definition) is 3. The Kier molecular flexibility index (Phi) is 8.42. The molecular weight excluding hydrogens is 512 g/mol. The summed E-state index contributed by atoms with van der Waals surface area (Å²) < 4.78 is 6.11. The minimum absolute atomic E-state index is 0.137. The molecular formula is C30H34N4O6. The second kappa shape index (κ2) is 12.3. The molecule has 210 valence electrons. The van der Waals surface area contributed by atoms with Gasteiger partial charge >= 0.3 is 0 Å². The smallest absolute Gasteiger partial charge is 0.243 e. The van der Waals surface area contributed by atoms with E-state index in [1.807, 2.05) is 42.5 Å². The van der Waals surface area contributed by atoms with Crippen LogP contribution in [0.25, 0.3) is 0 Å². The van der Waals surface area contributed by atoms with Gasteiger partial charge in [-0.2, -0.15) is 0 Å². The van der Waals surface area contributed by atoms with E-state index in [9.17, 15) is 24.0 Å². The van der Waals surface area contributed by atoms with Gasteiger partial charge in [-0.1, -0.05) is 24.3 Å². The highest BCUT2D eigenvalue weighted by Gasteiger charge is 2.36. The van der Waals surface area contributed by atoms with Crippen LogP contribution in [-0.4, -0.2) is 66.0 Å². The molecule has 10 heteroatoms. The van der Waals surface area contributed by atoms with Crippen molar-refractivity contribution in [3.05, 3.63) is 59.7 Å². The van der Waals surface area contributed by atoms with E-state index in [1.54, 1.807) is 6.07 Å². The fourth-order valence-corrected chi connectivity index (χ4v) is 5.18. The number of amides is 4. The molecule has 2 heterocycles. The molecule has 0 radical (unpaired) electrons. The largest absolute Gasteiger partial charge is 0.457 e. The van der Waals surface area contributed by atoms with E-state index in [4.69, 9.17) is 4.74 Å². The molecule has 3 atom stereocenters. The number of fused-ring (bicyclic) bond motifs is 4.